The van der Waals surface area contributed by atoms with Crippen LogP contribution in [0.25, 0.3) is 0 Å². The van der Waals surface area contributed by atoms with Gasteiger partial charge in [0.25, 0.3) is 0 Å². The Balaban J connectivity index is 2.60. The predicted octanol–water partition coefficient (Wildman–Crippen LogP) is 6.18. The van der Waals surface area contributed by atoms with E-state index in [4.69, 9.17) is 4.84 Å². The number of hydrogen-bond donors (Lipinski definition) is 0. The van der Waals surface area contributed by atoms with Gasteiger partial charge in [0.1, 0.15) is 0 Å². The summed E-state index contributed by atoms with van der Waals surface area (Å²) < 4.78 is 1.45. The van der Waals surface area contributed by atoms with Crippen molar-refractivity contribution in [2.75, 3.05) is 7.05 Å². The maximum atomic E-state index is 12.1. The summed E-state index contributed by atoms with van der Waals surface area (Å²) in [5.41, 5.74) is 2.23. The maximum Gasteiger partial charge on any atom is 0.446 e. The molecule has 0 aliphatic carbocycles. The molecular weight excluding hydrogens is 332 g/mol. The average molecular weight is 363 g/mol. The van der Waals surface area contributed by atoms with Crippen LogP contribution < -0.4 is 0 Å². The van der Waals surface area contributed by atoms with Gasteiger partial charge in [-0.2, -0.15) is 0 Å². The number of carbonyl (C=O) groups is 1. The molecule has 0 bridgehead atoms. The van der Waals surface area contributed by atoms with Crippen molar-refractivity contribution in [2.45, 2.75) is 64.2 Å². The highest BCUT2D eigenvalue weighted by molar-refractivity contribution is 7.97. The Hall–Kier alpha value is -1.75. The lowest BCUT2D eigenvalue weighted by Crippen LogP contribution is -2.19. The van der Waals surface area contributed by atoms with E-state index in [1.165, 1.54) is 21.8 Å². The fourth-order valence-corrected chi connectivity index (χ4v) is 2.69. The van der Waals surface area contributed by atoms with E-state index in [0.29, 0.717) is 6.42 Å². The summed E-state index contributed by atoms with van der Waals surface area (Å²) in [5.74, 6) is 0. The van der Waals surface area contributed by atoms with Crippen LogP contribution in [0.4, 0.5) is 4.79 Å². The highest BCUT2D eigenvalue weighted by Crippen LogP contribution is 2.27. The van der Waals surface area contributed by atoms with Crippen LogP contribution in [0.2, 0.25) is 0 Å². The Morgan fingerprint density at radius 2 is 1.84 bits per heavy atom. The van der Waals surface area contributed by atoms with E-state index in [2.05, 4.69) is 51.1 Å². The lowest BCUT2D eigenvalue weighted by atomic mass is 9.87. The van der Waals surface area contributed by atoms with E-state index in [1.54, 1.807) is 7.05 Å². The molecule has 0 saturated heterocycles. The van der Waals surface area contributed by atoms with E-state index in [0.717, 1.165) is 23.4 Å². The lowest BCUT2D eigenvalue weighted by molar-refractivity contribution is 0.136. The Bertz CT molecular complexity index is 601. The Morgan fingerprint density at radius 3 is 2.36 bits per heavy atom. The van der Waals surface area contributed by atoms with Gasteiger partial charge in [-0.25, -0.2) is 9.10 Å². The molecular formula is C20H30N2O2S. The number of nitrogens with zero attached hydrogens (tertiary/aromatic N) is 2. The van der Waals surface area contributed by atoms with Gasteiger partial charge < -0.3 is 0 Å². The molecule has 4 nitrogen and oxygen atoms in total. The van der Waals surface area contributed by atoms with E-state index in [-0.39, 0.29) is 5.41 Å². The molecule has 0 spiro atoms. The highest BCUT2D eigenvalue weighted by atomic mass is 32.2. The van der Waals surface area contributed by atoms with Gasteiger partial charge in [-0.15, -0.1) is 0 Å². The zero-order valence-electron chi connectivity index (χ0n) is 16.2. The Labute approximate surface area is 156 Å². The first-order valence-electron chi connectivity index (χ1n) is 8.71. The minimum Gasteiger partial charge on any atom is -0.297 e. The van der Waals surface area contributed by atoms with Crippen molar-refractivity contribution < 1.29 is 9.63 Å². The fourth-order valence-electron chi connectivity index (χ4n) is 2.00. The van der Waals surface area contributed by atoms with E-state index in [9.17, 15) is 4.79 Å². The standard InChI is InChI=1S/C20H30N2O2S/c1-7-9-10-11-17(8-2)21-24-19(23)22(6)25-18-14-12-16(13-15-18)20(3,4)5/h9-10,12-15H,7-8,11H2,1-6H3. The molecule has 1 aromatic carbocycles. The largest absolute Gasteiger partial charge is 0.446 e. The smallest absolute Gasteiger partial charge is 0.297 e. The average Bonchev–Trinajstić information content (AvgIpc) is 2.57. The van der Waals surface area contributed by atoms with Crippen molar-refractivity contribution in [3.8, 4) is 0 Å². The highest BCUT2D eigenvalue weighted by Gasteiger charge is 2.15. The van der Waals surface area contributed by atoms with Gasteiger partial charge in [0.15, 0.2) is 0 Å². The summed E-state index contributed by atoms with van der Waals surface area (Å²) in [7, 11) is 1.68. The molecule has 0 aliphatic rings. The SMILES string of the molecule is CCC=CCC(CC)=NOC(=O)N(C)Sc1ccc(C(C)(C)C)cc1. The molecule has 1 rings (SSSR count). The van der Waals surface area contributed by atoms with Gasteiger partial charge in [-0.3, -0.25) is 4.84 Å². The van der Waals surface area contributed by atoms with Gasteiger partial charge in [-0.1, -0.05) is 64.1 Å². The van der Waals surface area contributed by atoms with Gasteiger partial charge in [0, 0.05) is 18.4 Å². The predicted molar refractivity (Wildman–Crippen MR) is 107 cm³/mol. The minimum atomic E-state index is -0.477. The molecule has 0 saturated carbocycles. The van der Waals surface area contributed by atoms with E-state index in [1.807, 2.05) is 25.1 Å². The summed E-state index contributed by atoms with van der Waals surface area (Å²) >= 11 is 1.33. The van der Waals surface area contributed by atoms with Crippen molar-refractivity contribution in [1.82, 2.24) is 4.31 Å². The number of oxime groups is 1. The second kappa shape index (κ2) is 10.3. The first kappa shape index (κ1) is 21.3. The van der Waals surface area contributed by atoms with Crippen LogP contribution in [0.3, 0.4) is 0 Å². The van der Waals surface area contributed by atoms with Crippen LogP contribution in [-0.2, 0) is 10.3 Å². The second-order valence-corrected chi connectivity index (χ2v) is 8.02. The molecule has 0 radical (unpaired) electrons. The third kappa shape index (κ3) is 7.78. The lowest BCUT2D eigenvalue weighted by Gasteiger charge is -2.19. The maximum absolute atomic E-state index is 12.1. The molecule has 25 heavy (non-hydrogen) atoms. The molecule has 0 aliphatic heterocycles. The van der Waals surface area contributed by atoms with Crippen LogP contribution in [0.5, 0.6) is 0 Å². The summed E-state index contributed by atoms with van der Waals surface area (Å²) in [5, 5.41) is 3.98. The number of rotatable bonds is 7. The van der Waals surface area contributed by atoms with Gasteiger partial charge >= 0.3 is 6.09 Å². The minimum absolute atomic E-state index is 0.117. The zero-order chi connectivity index (χ0) is 18.9. The molecule has 1 amide bonds. The summed E-state index contributed by atoms with van der Waals surface area (Å²) in [6.45, 7) is 10.6. The van der Waals surface area contributed by atoms with Gasteiger partial charge in [-0.05, 0) is 47.9 Å². The van der Waals surface area contributed by atoms with Crippen molar-refractivity contribution in [3.05, 3.63) is 42.0 Å². The second-order valence-electron chi connectivity index (χ2n) is 6.82. The third-order valence-corrected chi connectivity index (χ3v) is 4.54. The van der Waals surface area contributed by atoms with Gasteiger partial charge in [0.2, 0.25) is 0 Å². The molecule has 5 heteroatoms. The van der Waals surface area contributed by atoms with Crippen molar-refractivity contribution >= 4 is 23.8 Å². The van der Waals surface area contributed by atoms with Crippen LogP contribution >= 0.6 is 11.9 Å². The molecule has 138 valence electrons. The van der Waals surface area contributed by atoms with Crippen LogP contribution in [-0.4, -0.2) is 23.2 Å². The first-order valence-corrected chi connectivity index (χ1v) is 9.49. The number of hydrogen-bond acceptors (Lipinski definition) is 4. The first-order chi connectivity index (χ1) is 11.8. The third-order valence-electron chi connectivity index (χ3n) is 3.64. The zero-order valence-corrected chi connectivity index (χ0v) is 17.0. The topological polar surface area (TPSA) is 41.9 Å². The Kier molecular flexibility index (Phi) is 8.76. The van der Waals surface area contributed by atoms with Crippen molar-refractivity contribution in [3.63, 3.8) is 0 Å². The molecule has 0 unspecified atom stereocenters. The Morgan fingerprint density at radius 1 is 1.20 bits per heavy atom. The van der Waals surface area contributed by atoms with Crippen molar-refractivity contribution in [1.29, 1.82) is 0 Å². The summed E-state index contributed by atoms with van der Waals surface area (Å²) in [6.07, 6.45) is 6.11. The van der Waals surface area contributed by atoms with Crippen LogP contribution in [0.1, 0.15) is 59.4 Å². The quantitative estimate of drug-likeness (QED) is 0.191. The molecule has 0 atom stereocenters. The van der Waals surface area contributed by atoms with E-state index < -0.39 is 6.09 Å². The van der Waals surface area contributed by atoms with E-state index >= 15 is 0 Å². The number of allylic oxidation sites excluding steroid dienone is 2. The summed E-state index contributed by atoms with van der Waals surface area (Å²) in [4.78, 5) is 18.1. The molecule has 0 aromatic heterocycles. The molecule has 0 heterocycles. The number of carbonyl (C=O) groups excluding carboxylic acids is 1. The van der Waals surface area contributed by atoms with Crippen LogP contribution in [0, 0.1) is 0 Å². The van der Waals surface area contributed by atoms with Crippen LogP contribution in [0.15, 0.2) is 46.5 Å². The van der Waals surface area contributed by atoms with Crippen molar-refractivity contribution in [2.24, 2.45) is 5.16 Å². The summed E-state index contributed by atoms with van der Waals surface area (Å²) in [6, 6.07) is 8.22. The molecule has 0 N–H and O–H groups in total. The number of benzene rings is 1. The molecule has 1 aromatic rings. The molecule has 0 fully saturated rings. The normalized spacial score (nSPS) is 12.5. The van der Waals surface area contributed by atoms with Gasteiger partial charge in [0.05, 0.1) is 5.71 Å². The monoisotopic (exact) mass is 362 g/mol. The fraction of sp³-hybridized carbons (Fsp3) is 0.500. The number of amides is 1.